The van der Waals surface area contributed by atoms with Crippen molar-refractivity contribution in [2.75, 3.05) is 13.1 Å². The fraction of sp³-hybridized carbons (Fsp3) is 0.350. The molecule has 27 heavy (non-hydrogen) atoms. The van der Waals surface area contributed by atoms with Crippen molar-refractivity contribution in [1.82, 2.24) is 9.88 Å². The van der Waals surface area contributed by atoms with Gasteiger partial charge < -0.3 is 5.11 Å². The standard InChI is InChI=1S/C20H19F3N2OS/c21-20(22,23)14-7-2-1-6-13(14)17(26)12-25-11-5-9-16(25)19-24-15-8-3-4-10-18(15)27-19/h1-4,6-8,10,16-17,26H,5,9,11-12H2/t16-,17-/m1/s1. The Kier molecular flexibility index (Phi) is 4.92. The lowest BCUT2D eigenvalue weighted by Crippen LogP contribution is -2.29. The number of aliphatic hydroxyl groups excluding tert-OH is 1. The second-order valence-electron chi connectivity index (χ2n) is 6.77. The van der Waals surface area contributed by atoms with Crippen LogP contribution in [0, 0.1) is 0 Å². The van der Waals surface area contributed by atoms with Crippen molar-refractivity contribution in [3.63, 3.8) is 0 Å². The molecular formula is C20H19F3N2OS. The number of para-hydroxylation sites is 1. The highest BCUT2D eigenvalue weighted by molar-refractivity contribution is 7.18. The Morgan fingerprint density at radius 2 is 1.89 bits per heavy atom. The van der Waals surface area contributed by atoms with Gasteiger partial charge in [-0.05, 0) is 43.1 Å². The lowest BCUT2D eigenvalue weighted by molar-refractivity contribution is -0.139. The molecule has 1 aliphatic rings. The molecule has 0 amide bonds. The summed E-state index contributed by atoms with van der Waals surface area (Å²) in [5.74, 6) is 0. The van der Waals surface area contributed by atoms with E-state index in [1.54, 1.807) is 11.3 Å². The maximum Gasteiger partial charge on any atom is 0.416 e. The zero-order valence-corrected chi connectivity index (χ0v) is 15.3. The van der Waals surface area contributed by atoms with Crippen LogP contribution >= 0.6 is 11.3 Å². The topological polar surface area (TPSA) is 36.4 Å². The second kappa shape index (κ2) is 7.22. The van der Waals surface area contributed by atoms with Crippen molar-refractivity contribution >= 4 is 21.6 Å². The Hall–Kier alpha value is -1.96. The van der Waals surface area contributed by atoms with Crippen molar-refractivity contribution in [2.45, 2.75) is 31.2 Å². The van der Waals surface area contributed by atoms with E-state index in [-0.39, 0.29) is 18.2 Å². The number of aliphatic hydroxyl groups is 1. The van der Waals surface area contributed by atoms with Gasteiger partial charge in [0.2, 0.25) is 0 Å². The summed E-state index contributed by atoms with van der Waals surface area (Å²) >= 11 is 1.61. The maximum absolute atomic E-state index is 13.2. The van der Waals surface area contributed by atoms with Crippen molar-refractivity contribution in [3.05, 3.63) is 64.7 Å². The minimum absolute atomic E-state index is 0.0371. The number of fused-ring (bicyclic) bond motifs is 1. The van der Waals surface area contributed by atoms with E-state index < -0.39 is 17.8 Å². The van der Waals surface area contributed by atoms with Gasteiger partial charge in [0, 0.05) is 6.54 Å². The molecule has 3 aromatic rings. The average molecular weight is 392 g/mol. The monoisotopic (exact) mass is 392 g/mol. The molecule has 0 unspecified atom stereocenters. The third-order valence-electron chi connectivity index (χ3n) is 4.99. The first-order chi connectivity index (χ1) is 12.9. The number of likely N-dealkylation sites (tertiary alicyclic amines) is 1. The molecule has 0 spiro atoms. The van der Waals surface area contributed by atoms with Gasteiger partial charge in [0.25, 0.3) is 0 Å². The number of benzene rings is 2. The summed E-state index contributed by atoms with van der Waals surface area (Å²) in [5, 5.41) is 11.5. The van der Waals surface area contributed by atoms with Gasteiger partial charge in [0.15, 0.2) is 0 Å². The molecule has 1 N–H and O–H groups in total. The number of aromatic nitrogens is 1. The van der Waals surface area contributed by atoms with Gasteiger partial charge >= 0.3 is 6.18 Å². The average Bonchev–Trinajstić information content (AvgIpc) is 3.27. The predicted octanol–water partition coefficient (Wildman–Crippen LogP) is 5.19. The zero-order valence-electron chi connectivity index (χ0n) is 14.5. The number of alkyl halides is 3. The summed E-state index contributed by atoms with van der Waals surface area (Å²) in [6.45, 7) is 0.902. The van der Waals surface area contributed by atoms with E-state index >= 15 is 0 Å². The summed E-state index contributed by atoms with van der Waals surface area (Å²) in [6, 6.07) is 13.2. The van der Waals surface area contributed by atoms with Crippen LogP contribution < -0.4 is 0 Å². The highest BCUT2D eigenvalue weighted by Gasteiger charge is 2.36. The Labute approximate surface area is 159 Å². The van der Waals surface area contributed by atoms with Gasteiger partial charge in [-0.25, -0.2) is 4.98 Å². The number of nitrogens with zero attached hydrogens (tertiary/aromatic N) is 2. The summed E-state index contributed by atoms with van der Waals surface area (Å²) in [4.78, 5) is 6.75. The fourth-order valence-corrected chi connectivity index (χ4v) is 4.86. The molecule has 0 aliphatic carbocycles. The fourth-order valence-electron chi connectivity index (χ4n) is 3.72. The molecule has 2 heterocycles. The lowest BCUT2D eigenvalue weighted by Gasteiger charge is -2.26. The number of halogens is 3. The third kappa shape index (κ3) is 3.72. The van der Waals surface area contributed by atoms with Gasteiger partial charge in [-0.15, -0.1) is 11.3 Å². The number of hydrogen-bond acceptors (Lipinski definition) is 4. The van der Waals surface area contributed by atoms with Crippen LogP contribution in [0.25, 0.3) is 10.2 Å². The molecule has 1 saturated heterocycles. The van der Waals surface area contributed by atoms with Crippen molar-refractivity contribution in [3.8, 4) is 0 Å². The minimum atomic E-state index is -4.48. The largest absolute Gasteiger partial charge is 0.416 e. The van der Waals surface area contributed by atoms with Crippen molar-refractivity contribution in [1.29, 1.82) is 0 Å². The van der Waals surface area contributed by atoms with Crippen LogP contribution in [0.5, 0.6) is 0 Å². The first-order valence-electron chi connectivity index (χ1n) is 8.87. The molecule has 0 saturated carbocycles. The molecule has 1 aromatic heterocycles. The molecule has 3 nitrogen and oxygen atoms in total. The summed E-state index contributed by atoms with van der Waals surface area (Å²) in [7, 11) is 0. The van der Waals surface area contributed by atoms with Gasteiger partial charge in [-0.2, -0.15) is 13.2 Å². The third-order valence-corrected chi connectivity index (χ3v) is 6.13. The van der Waals surface area contributed by atoms with E-state index in [0.29, 0.717) is 0 Å². The van der Waals surface area contributed by atoms with Crippen LogP contribution in [0.4, 0.5) is 13.2 Å². The number of thiazole rings is 1. The van der Waals surface area contributed by atoms with Crippen LogP contribution in [0.2, 0.25) is 0 Å². The highest BCUT2D eigenvalue weighted by atomic mass is 32.1. The van der Waals surface area contributed by atoms with Gasteiger partial charge in [-0.3, -0.25) is 4.90 Å². The van der Waals surface area contributed by atoms with E-state index in [9.17, 15) is 18.3 Å². The highest BCUT2D eigenvalue weighted by Crippen LogP contribution is 2.39. The van der Waals surface area contributed by atoms with Gasteiger partial charge in [-0.1, -0.05) is 30.3 Å². The number of hydrogen-bond donors (Lipinski definition) is 1. The predicted molar refractivity (Wildman–Crippen MR) is 99.6 cm³/mol. The van der Waals surface area contributed by atoms with Crippen LogP contribution in [-0.4, -0.2) is 28.1 Å². The SMILES string of the molecule is O[C@H](CN1CCC[C@@H]1c1nc2ccccc2s1)c1ccccc1C(F)(F)F. The van der Waals surface area contributed by atoms with Crippen LogP contribution in [0.1, 0.15) is 41.1 Å². The van der Waals surface area contributed by atoms with Crippen LogP contribution in [0.15, 0.2) is 48.5 Å². The van der Waals surface area contributed by atoms with Gasteiger partial charge in [0.1, 0.15) is 5.01 Å². The van der Waals surface area contributed by atoms with Crippen molar-refractivity contribution in [2.24, 2.45) is 0 Å². The van der Waals surface area contributed by atoms with E-state index in [0.717, 1.165) is 40.7 Å². The quantitative estimate of drug-likeness (QED) is 0.664. The molecule has 2 atom stereocenters. The summed E-state index contributed by atoms with van der Waals surface area (Å²) in [6.07, 6.45) is -3.84. The summed E-state index contributed by atoms with van der Waals surface area (Å²) in [5.41, 5.74) is 0.0977. The Morgan fingerprint density at radius 1 is 1.15 bits per heavy atom. The van der Waals surface area contributed by atoms with E-state index in [2.05, 4.69) is 4.90 Å². The Balaban J connectivity index is 1.57. The molecule has 0 bridgehead atoms. The Morgan fingerprint density at radius 3 is 2.67 bits per heavy atom. The van der Waals surface area contributed by atoms with Crippen LogP contribution in [0.3, 0.4) is 0 Å². The molecule has 2 aromatic carbocycles. The molecule has 4 rings (SSSR count). The zero-order chi connectivity index (χ0) is 19.0. The molecule has 1 fully saturated rings. The lowest BCUT2D eigenvalue weighted by atomic mass is 10.0. The summed E-state index contributed by atoms with van der Waals surface area (Å²) < 4.78 is 40.8. The smallest absolute Gasteiger partial charge is 0.387 e. The maximum atomic E-state index is 13.2. The van der Waals surface area contributed by atoms with E-state index in [1.165, 1.54) is 18.2 Å². The normalized spacial score (nSPS) is 19.6. The number of rotatable bonds is 4. The number of β-amino-alcohol motifs (C(OH)–C–C–N with tert-alkyl or cyclic N) is 1. The molecule has 0 radical (unpaired) electrons. The van der Waals surface area contributed by atoms with E-state index in [4.69, 9.17) is 4.98 Å². The van der Waals surface area contributed by atoms with E-state index in [1.807, 2.05) is 24.3 Å². The van der Waals surface area contributed by atoms with Gasteiger partial charge in [0.05, 0.1) is 27.9 Å². The molecule has 1 aliphatic heterocycles. The minimum Gasteiger partial charge on any atom is -0.387 e. The molecule has 142 valence electrons. The Bertz CT molecular complexity index is 907. The van der Waals surface area contributed by atoms with Crippen molar-refractivity contribution < 1.29 is 18.3 Å². The van der Waals surface area contributed by atoms with Crippen LogP contribution in [-0.2, 0) is 6.18 Å². The second-order valence-corrected chi connectivity index (χ2v) is 7.84. The first-order valence-corrected chi connectivity index (χ1v) is 9.69. The molecule has 7 heteroatoms. The first kappa shape index (κ1) is 18.4. The molecular weight excluding hydrogens is 373 g/mol.